The van der Waals surface area contributed by atoms with Crippen molar-refractivity contribution in [1.29, 1.82) is 5.41 Å². The van der Waals surface area contributed by atoms with E-state index in [1.807, 2.05) is 19.0 Å². The zero-order chi connectivity index (χ0) is 23.5. The normalized spacial score (nSPS) is 17.8. The van der Waals surface area contributed by atoms with Crippen LogP contribution in [0.3, 0.4) is 0 Å². The predicted molar refractivity (Wildman–Crippen MR) is 141 cm³/mol. The van der Waals surface area contributed by atoms with Crippen LogP contribution in [0.5, 0.6) is 0 Å². The Morgan fingerprint density at radius 3 is 2.36 bits per heavy atom. The van der Waals surface area contributed by atoms with E-state index in [1.165, 1.54) is 40.9 Å². The van der Waals surface area contributed by atoms with E-state index in [9.17, 15) is 0 Å². The molecular weight excluding hydrogens is 408 g/mol. The van der Waals surface area contributed by atoms with Gasteiger partial charge in [-0.3, -0.25) is 5.41 Å². The molecule has 0 saturated carbocycles. The SMILES string of the molecule is CNc1ccc(N(C)C(=N)N2CCN(c3cccc(C)c3C)CC2)cc1C1CCN(C)CC1. The van der Waals surface area contributed by atoms with Crippen LogP contribution in [0.2, 0.25) is 0 Å². The number of piperidine rings is 1. The van der Waals surface area contributed by atoms with Crippen LogP contribution in [0.15, 0.2) is 36.4 Å². The van der Waals surface area contributed by atoms with Gasteiger partial charge in [-0.05, 0) is 93.7 Å². The molecule has 2 N–H and O–H groups in total. The van der Waals surface area contributed by atoms with E-state index in [-0.39, 0.29) is 0 Å². The quantitative estimate of drug-likeness (QED) is 0.538. The van der Waals surface area contributed by atoms with Gasteiger partial charge in [-0.1, -0.05) is 12.1 Å². The van der Waals surface area contributed by atoms with E-state index < -0.39 is 0 Å². The number of piperazine rings is 1. The third-order valence-electron chi connectivity index (χ3n) is 7.66. The summed E-state index contributed by atoms with van der Waals surface area (Å²) in [4.78, 5) is 9.14. The average Bonchev–Trinajstić information content (AvgIpc) is 2.85. The number of nitrogens with zero attached hydrogens (tertiary/aromatic N) is 4. The van der Waals surface area contributed by atoms with E-state index >= 15 is 0 Å². The smallest absolute Gasteiger partial charge is 0.198 e. The van der Waals surface area contributed by atoms with Crippen molar-refractivity contribution in [3.63, 3.8) is 0 Å². The maximum absolute atomic E-state index is 8.92. The topological polar surface area (TPSA) is 48.8 Å². The second-order valence-corrected chi connectivity index (χ2v) is 9.67. The second-order valence-electron chi connectivity index (χ2n) is 9.67. The fourth-order valence-corrected chi connectivity index (χ4v) is 5.22. The zero-order valence-electron chi connectivity index (χ0n) is 21.0. The van der Waals surface area contributed by atoms with Crippen molar-refractivity contribution in [1.82, 2.24) is 9.80 Å². The highest BCUT2D eigenvalue weighted by molar-refractivity contribution is 5.94. The first kappa shape index (κ1) is 23.4. The van der Waals surface area contributed by atoms with Crippen molar-refractivity contribution in [2.75, 3.05) is 75.5 Å². The van der Waals surface area contributed by atoms with Gasteiger partial charge in [-0.15, -0.1) is 0 Å². The minimum absolute atomic E-state index is 0.576. The van der Waals surface area contributed by atoms with Gasteiger partial charge in [0.1, 0.15) is 0 Å². The zero-order valence-corrected chi connectivity index (χ0v) is 21.0. The molecule has 33 heavy (non-hydrogen) atoms. The van der Waals surface area contributed by atoms with Crippen LogP contribution >= 0.6 is 0 Å². The number of benzene rings is 2. The molecule has 2 aromatic rings. The lowest BCUT2D eigenvalue weighted by Crippen LogP contribution is -2.52. The number of hydrogen-bond donors (Lipinski definition) is 2. The predicted octanol–water partition coefficient (Wildman–Crippen LogP) is 4.35. The van der Waals surface area contributed by atoms with Crippen molar-refractivity contribution < 1.29 is 0 Å². The van der Waals surface area contributed by atoms with Crippen LogP contribution in [0.25, 0.3) is 0 Å². The molecule has 2 fully saturated rings. The molecule has 0 aromatic heterocycles. The van der Waals surface area contributed by atoms with Crippen molar-refractivity contribution in [2.24, 2.45) is 0 Å². The third-order valence-corrected chi connectivity index (χ3v) is 7.66. The summed E-state index contributed by atoms with van der Waals surface area (Å²) in [5.41, 5.74) is 7.75. The summed E-state index contributed by atoms with van der Waals surface area (Å²) in [5.74, 6) is 1.16. The summed E-state index contributed by atoms with van der Waals surface area (Å²) >= 11 is 0. The van der Waals surface area contributed by atoms with Gasteiger partial charge in [0.25, 0.3) is 0 Å². The van der Waals surface area contributed by atoms with Gasteiger partial charge in [0.2, 0.25) is 0 Å². The highest BCUT2D eigenvalue weighted by Crippen LogP contribution is 2.35. The number of likely N-dealkylation sites (tertiary alicyclic amines) is 1. The molecule has 6 heteroatoms. The third kappa shape index (κ3) is 4.96. The van der Waals surface area contributed by atoms with Crippen LogP contribution in [-0.4, -0.2) is 76.2 Å². The number of hydrogen-bond acceptors (Lipinski definition) is 4. The maximum Gasteiger partial charge on any atom is 0.198 e. The van der Waals surface area contributed by atoms with Crippen LogP contribution < -0.4 is 15.1 Å². The van der Waals surface area contributed by atoms with Crippen LogP contribution in [0.1, 0.15) is 35.4 Å². The first-order chi connectivity index (χ1) is 15.9. The van der Waals surface area contributed by atoms with E-state index in [4.69, 9.17) is 5.41 Å². The molecule has 2 aliphatic rings. The first-order valence-electron chi connectivity index (χ1n) is 12.3. The summed E-state index contributed by atoms with van der Waals surface area (Å²) in [6.07, 6.45) is 2.38. The van der Waals surface area contributed by atoms with Gasteiger partial charge in [0.05, 0.1) is 0 Å². The van der Waals surface area contributed by atoms with Gasteiger partial charge in [0.15, 0.2) is 5.96 Å². The largest absolute Gasteiger partial charge is 0.388 e. The highest BCUT2D eigenvalue weighted by Gasteiger charge is 2.25. The van der Waals surface area contributed by atoms with Gasteiger partial charge in [0, 0.05) is 57.3 Å². The fraction of sp³-hybridized carbons (Fsp3) is 0.519. The molecule has 0 bridgehead atoms. The number of rotatable bonds is 4. The monoisotopic (exact) mass is 448 g/mol. The molecule has 0 atom stereocenters. The summed E-state index contributed by atoms with van der Waals surface area (Å²) in [6, 6.07) is 13.2. The Hall–Kier alpha value is -2.73. The van der Waals surface area contributed by atoms with Crippen molar-refractivity contribution in [3.05, 3.63) is 53.1 Å². The van der Waals surface area contributed by atoms with Crippen LogP contribution in [0.4, 0.5) is 17.1 Å². The summed E-state index contributed by atoms with van der Waals surface area (Å²) in [5, 5.41) is 12.3. The summed E-state index contributed by atoms with van der Waals surface area (Å²) in [6.45, 7) is 10.3. The average molecular weight is 449 g/mol. The molecule has 6 nitrogen and oxygen atoms in total. The van der Waals surface area contributed by atoms with E-state index in [0.29, 0.717) is 11.9 Å². The molecule has 2 heterocycles. The lowest BCUT2D eigenvalue weighted by molar-refractivity contribution is 0.255. The second kappa shape index (κ2) is 10.0. The number of nitrogens with one attached hydrogen (secondary N) is 2. The Balaban J connectivity index is 1.44. The summed E-state index contributed by atoms with van der Waals surface area (Å²) < 4.78 is 0. The Kier molecular flexibility index (Phi) is 7.13. The van der Waals surface area contributed by atoms with E-state index in [0.717, 1.165) is 45.0 Å². The van der Waals surface area contributed by atoms with E-state index in [1.54, 1.807) is 0 Å². The Morgan fingerprint density at radius 1 is 1.00 bits per heavy atom. The van der Waals surface area contributed by atoms with Crippen LogP contribution in [-0.2, 0) is 0 Å². The molecule has 0 unspecified atom stereocenters. The highest BCUT2D eigenvalue weighted by atomic mass is 15.4. The lowest BCUT2D eigenvalue weighted by Gasteiger charge is -2.40. The summed E-state index contributed by atoms with van der Waals surface area (Å²) in [7, 11) is 6.25. The van der Waals surface area contributed by atoms with Crippen LogP contribution in [0, 0.1) is 19.3 Å². The molecule has 2 aliphatic heterocycles. The lowest BCUT2D eigenvalue weighted by atomic mass is 9.88. The van der Waals surface area contributed by atoms with Crippen molar-refractivity contribution >= 4 is 23.0 Å². The van der Waals surface area contributed by atoms with Gasteiger partial charge < -0.3 is 24.9 Å². The minimum atomic E-state index is 0.576. The maximum atomic E-state index is 8.92. The first-order valence-corrected chi connectivity index (χ1v) is 12.3. The van der Waals surface area contributed by atoms with E-state index in [2.05, 4.69) is 77.3 Å². The van der Waals surface area contributed by atoms with Gasteiger partial charge >= 0.3 is 0 Å². The number of anilines is 3. The number of guanidine groups is 1. The molecule has 0 aliphatic carbocycles. The Morgan fingerprint density at radius 2 is 1.70 bits per heavy atom. The fourth-order valence-electron chi connectivity index (χ4n) is 5.22. The Bertz CT molecular complexity index is 971. The number of aryl methyl sites for hydroxylation is 1. The standard InChI is InChI=1S/C27H40N6/c1-20-7-6-8-26(21(20)2)32-15-17-33(18-16-32)27(28)31(5)23-9-10-25(29-3)24(19-23)22-11-13-30(4)14-12-22/h6-10,19,22,28-29H,11-18H2,1-5H3. The van der Waals surface area contributed by atoms with Gasteiger partial charge in [-0.25, -0.2) is 0 Å². The molecule has 178 valence electrons. The van der Waals surface area contributed by atoms with Crippen molar-refractivity contribution in [3.8, 4) is 0 Å². The minimum Gasteiger partial charge on any atom is -0.388 e. The molecule has 2 saturated heterocycles. The molecule has 0 spiro atoms. The molecule has 0 amide bonds. The van der Waals surface area contributed by atoms with Crippen molar-refractivity contribution in [2.45, 2.75) is 32.6 Å². The molecular formula is C27H40N6. The molecule has 0 radical (unpaired) electrons. The molecule has 4 rings (SSSR count). The molecule has 2 aromatic carbocycles. The Labute approximate surface area is 199 Å². The van der Waals surface area contributed by atoms with Gasteiger partial charge in [-0.2, -0.15) is 0 Å².